The highest BCUT2D eigenvalue weighted by Crippen LogP contribution is 2.11. The zero-order valence-electron chi connectivity index (χ0n) is 12.2. The molecule has 0 fully saturated rings. The van der Waals surface area contributed by atoms with Crippen LogP contribution in [0.3, 0.4) is 0 Å². The molecule has 21 heavy (non-hydrogen) atoms. The summed E-state index contributed by atoms with van der Waals surface area (Å²) in [7, 11) is 0. The van der Waals surface area contributed by atoms with Gasteiger partial charge >= 0.3 is 5.97 Å². The lowest BCUT2D eigenvalue weighted by molar-refractivity contribution is -0.137. The molecule has 0 saturated heterocycles. The van der Waals surface area contributed by atoms with E-state index in [2.05, 4.69) is 10.6 Å². The Kier molecular flexibility index (Phi) is 6.39. The molecule has 0 aliphatic carbocycles. The number of aliphatic carboxylic acids is 1. The maximum Gasteiger partial charge on any atom is 0.322 e. The van der Waals surface area contributed by atoms with E-state index < -0.39 is 5.97 Å². The second-order valence-electron chi connectivity index (χ2n) is 5.19. The predicted octanol–water partition coefficient (Wildman–Crippen LogP) is 1.41. The topological polar surface area (TPSA) is 95.5 Å². The summed E-state index contributed by atoms with van der Waals surface area (Å²) in [6.45, 7) is 3.55. The maximum absolute atomic E-state index is 11.6. The van der Waals surface area contributed by atoms with Crippen LogP contribution in [0.5, 0.6) is 0 Å². The molecule has 1 aromatic rings. The van der Waals surface area contributed by atoms with Crippen LogP contribution in [-0.4, -0.2) is 29.4 Å². The third-order valence-corrected chi connectivity index (χ3v) is 2.63. The van der Waals surface area contributed by atoms with Crippen LogP contribution in [0.4, 0.5) is 5.69 Å². The summed E-state index contributed by atoms with van der Waals surface area (Å²) in [6.07, 6.45) is 0.562. The molecule has 0 aliphatic heterocycles. The molecular weight excluding hydrogens is 272 g/mol. The molecule has 0 aliphatic rings. The summed E-state index contributed by atoms with van der Waals surface area (Å²) >= 11 is 0. The third-order valence-electron chi connectivity index (χ3n) is 2.63. The van der Waals surface area contributed by atoms with Gasteiger partial charge in [-0.05, 0) is 23.6 Å². The summed E-state index contributed by atoms with van der Waals surface area (Å²) < 4.78 is 0. The lowest BCUT2D eigenvalue weighted by atomic mass is 10.1. The Balaban J connectivity index is 2.48. The third kappa shape index (κ3) is 7.10. The highest BCUT2D eigenvalue weighted by Gasteiger charge is 2.07. The van der Waals surface area contributed by atoms with Crippen molar-refractivity contribution in [2.45, 2.75) is 26.7 Å². The second kappa shape index (κ2) is 8.04. The van der Waals surface area contributed by atoms with Crippen LogP contribution in [0.25, 0.3) is 0 Å². The van der Waals surface area contributed by atoms with Crippen molar-refractivity contribution < 1.29 is 19.5 Å². The molecule has 6 heteroatoms. The zero-order chi connectivity index (χ0) is 15.8. The standard InChI is InChI=1S/C15H20N2O4/c1-10(2)7-14(19)17-12-5-3-11(4-6-12)8-13(18)16-9-15(20)21/h3-6,10H,7-9H2,1-2H3,(H,16,18)(H,17,19)(H,20,21). The average molecular weight is 292 g/mol. The normalized spacial score (nSPS) is 10.2. The number of hydrogen-bond donors (Lipinski definition) is 3. The van der Waals surface area contributed by atoms with E-state index in [1.807, 2.05) is 13.8 Å². The number of amides is 2. The van der Waals surface area contributed by atoms with E-state index in [4.69, 9.17) is 5.11 Å². The minimum absolute atomic E-state index is 0.0445. The monoisotopic (exact) mass is 292 g/mol. The number of carbonyl (C=O) groups is 3. The van der Waals surface area contributed by atoms with Crippen molar-refractivity contribution in [3.8, 4) is 0 Å². The van der Waals surface area contributed by atoms with Gasteiger partial charge in [-0.1, -0.05) is 26.0 Å². The first-order valence-electron chi connectivity index (χ1n) is 6.74. The number of carboxylic acid groups (broad SMARTS) is 1. The number of benzene rings is 1. The van der Waals surface area contributed by atoms with Crippen LogP contribution in [-0.2, 0) is 20.8 Å². The highest BCUT2D eigenvalue weighted by molar-refractivity contribution is 5.90. The fourth-order valence-corrected chi connectivity index (χ4v) is 1.71. The largest absolute Gasteiger partial charge is 0.480 e. The Morgan fingerprint density at radius 1 is 1.10 bits per heavy atom. The van der Waals surface area contributed by atoms with Crippen LogP contribution in [0.15, 0.2) is 24.3 Å². The smallest absolute Gasteiger partial charge is 0.322 e. The van der Waals surface area contributed by atoms with Gasteiger partial charge in [0.15, 0.2) is 0 Å². The second-order valence-corrected chi connectivity index (χ2v) is 5.19. The van der Waals surface area contributed by atoms with Gasteiger partial charge in [0.25, 0.3) is 0 Å². The molecule has 114 valence electrons. The Bertz CT molecular complexity index is 509. The lowest BCUT2D eigenvalue weighted by Gasteiger charge is -2.08. The number of anilines is 1. The first kappa shape index (κ1) is 16.7. The Hall–Kier alpha value is -2.37. The molecule has 0 saturated carbocycles. The SMILES string of the molecule is CC(C)CC(=O)Nc1ccc(CC(=O)NCC(=O)O)cc1. The molecule has 0 aromatic heterocycles. The Morgan fingerprint density at radius 2 is 1.71 bits per heavy atom. The van der Waals surface area contributed by atoms with Crippen LogP contribution in [0, 0.1) is 5.92 Å². The van der Waals surface area contributed by atoms with Gasteiger partial charge in [0.2, 0.25) is 11.8 Å². The summed E-state index contributed by atoms with van der Waals surface area (Å²) in [5.74, 6) is -1.18. The molecule has 0 radical (unpaired) electrons. The van der Waals surface area contributed by atoms with E-state index in [-0.39, 0.29) is 24.8 Å². The van der Waals surface area contributed by atoms with E-state index in [1.54, 1.807) is 24.3 Å². The van der Waals surface area contributed by atoms with E-state index in [0.717, 1.165) is 5.56 Å². The molecule has 1 aromatic carbocycles. The number of carbonyl (C=O) groups excluding carboxylic acids is 2. The molecule has 0 bridgehead atoms. The molecule has 0 spiro atoms. The molecule has 6 nitrogen and oxygen atoms in total. The lowest BCUT2D eigenvalue weighted by Crippen LogP contribution is -2.30. The van der Waals surface area contributed by atoms with Gasteiger partial charge in [-0.2, -0.15) is 0 Å². The van der Waals surface area contributed by atoms with Gasteiger partial charge in [-0.25, -0.2) is 0 Å². The molecule has 3 N–H and O–H groups in total. The van der Waals surface area contributed by atoms with Crippen molar-refractivity contribution in [3.05, 3.63) is 29.8 Å². The van der Waals surface area contributed by atoms with Crippen LogP contribution in [0.1, 0.15) is 25.8 Å². The van der Waals surface area contributed by atoms with Gasteiger partial charge in [0, 0.05) is 12.1 Å². The van der Waals surface area contributed by atoms with Gasteiger partial charge in [0.05, 0.1) is 6.42 Å². The van der Waals surface area contributed by atoms with Crippen molar-refractivity contribution in [1.82, 2.24) is 5.32 Å². The van der Waals surface area contributed by atoms with Crippen LogP contribution < -0.4 is 10.6 Å². The van der Waals surface area contributed by atoms with Crippen molar-refractivity contribution in [1.29, 1.82) is 0 Å². The summed E-state index contributed by atoms with van der Waals surface area (Å²) in [4.78, 5) is 33.4. The number of rotatable bonds is 7. The molecule has 0 heterocycles. The number of carboxylic acids is 1. The van der Waals surface area contributed by atoms with E-state index in [1.165, 1.54) is 0 Å². The quantitative estimate of drug-likeness (QED) is 0.708. The highest BCUT2D eigenvalue weighted by atomic mass is 16.4. The molecule has 0 atom stereocenters. The van der Waals surface area contributed by atoms with E-state index in [9.17, 15) is 14.4 Å². The Labute approximate surface area is 123 Å². The summed E-state index contributed by atoms with van der Waals surface area (Å²) in [5, 5.41) is 13.5. The van der Waals surface area contributed by atoms with Crippen LogP contribution in [0.2, 0.25) is 0 Å². The summed E-state index contributed by atoms with van der Waals surface area (Å²) in [6, 6.07) is 6.90. The molecular formula is C15H20N2O4. The van der Waals surface area contributed by atoms with Crippen LogP contribution >= 0.6 is 0 Å². The van der Waals surface area contributed by atoms with Gasteiger partial charge in [-0.3, -0.25) is 14.4 Å². The summed E-state index contributed by atoms with van der Waals surface area (Å²) in [5.41, 5.74) is 1.43. The van der Waals surface area contributed by atoms with E-state index in [0.29, 0.717) is 18.0 Å². The maximum atomic E-state index is 11.6. The zero-order valence-corrected chi connectivity index (χ0v) is 12.2. The van der Waals surface area contributed by atoms with Gasteiger partial charge in [0.1, 0.15) is 6.54 Å². The predicted molar refractivity (Wildman–Crippen MR) is 78.9 cm³/mol. The first-order chi connectivity index (χ1) is 9.86. The van der Waals surface area contributed by atoms with Crippen molar-refractivity contribution in [2.75, 3.05) is 11.9 Å². The molecule has 2 amide bonds. The Morgan fingerprint density at radius 3 is 2.24 bits per heavy atom. The van der Waals surface area contributed by atoms with Crippen molar-refractivity contribution in [3.63, 3.8) is 0 Å². The molecule has 1 rings (SSSR count). The number of nitrogens with one attached hydrogen (secondary N) is 2. The molecule has 0 unspecified atom stereocenters. The fraction of sp³-hybridized carbons (Fsp3) is 0.400. The minimum Gasteiger partial charge on any atom is -0.480 e. The average Bonchev–Trinajstić information content (AvgIpc) is 2.37. The van der Waals surface area contributed by atoms with E-state index >= 15 is 0 Å². The van der Waals surface area contributed by atoms with Crippen molar-refractivity contribution >= 4 is 23.5 Å². The van der Waals surface area contributed by atoms with Crippen molar-refractivity contribution in [2.24, 2.45) is 5.92 Å². The number of hydrogen-bond acceptors (Lipinski definition) is 3. The van der Waals surface area contributed by atoms with Gasteiger partial charge < -0.3 is 15.7 Å². The fourth-order valence-electron chi connectivity index (χ4n) is 1.71. The van der Waals surface area contributed by atoms with Gasteiger partial charge in [-0.15, -0.1) is 0 Å². The first-order valence-corrected chi connectivity index (χ1v) is 6.74. The minimum atomic E-state index is -1.08.